The molecule has 3 rings (SSSR count). The summed E-state index contributed by atoms with van der Waals surface area (Å²) in [6.07, 6.45) is 6.15. The van der Waals surface area contributed by atoms with E-state index in [1.54, 1.807) is 12.2 Å². The maximum Gasteiger partial charge on any atom is 0.185 e. The fourth-order valence-electron chi connectivity index (χ4n) is 2.53. The van der Waals surface area contributed by atoms with Crippen molar-refractivity contribution < 1.29 is 18.4 Å². The van der Waals surface area contributed by atoms with Gasteiger partial charge < -0.3 is 0 Å². The number of carbonyl (C=O) groups is 2. The average molecular weight is 374 g/mol. The molecule has 138 valence electrons. The molecule has 0 radical (unpaired) electrons. The molecule has 0 aliphatic carbocycles. The van der Waals surface area contributed by atoms with Gasteiger partial charge in [-0.3, -0.25) is 9.59 Å². The van der Waals surface area contributed by atoms with E-state index in [9.17, 15) is 18.4 Å². The monoisotopic (exact) mass is 374 g/mol. The summed E-state index contributed by atoms with van der Waals surface area (Å²) >= 11 is 0. The fraction of sp³-hybridized carbons (Fsp3) is 0. The van der Waals surface area contributed by atoms with E-state index in [2.05, 4.69) is 0 Å². The van der Waals surface area contributed by atoms with Gasteiger partial charge in [-0.1, -0.05) is 30.4 Å². The maximum atomic E-state index is 12.9. The minimum absolute atomic E-state index is 0.229. The average Bonchev–Trinajstić information content (AvgIpc) is 2.71. The van der Waals surface area contributed by atoms with Gasteiger partial charge in [-0.15, -0.1) is 0 Å². The van der Waals surface area contributed by atoms with E-state index in [-0.39, 0.29) is 11.6 Å². The lowest BCUT2D eigenvalue weighted by Gasteiger charge is -1.99. The van der Waals surface area contributed by atoms with Crippen LogP contribution >= 0.6 is 0 Å². The van der Waals surface area contributed by atoms with Crippen LogP contribution < -0.4 is 0 Å². The van der Waals surface area contributed by atoms with E-state index >= 15 is 0 Å². The second-order valence-electron chi connectivity index (χ2n) is 6.08. The van der Waals surface area contributed by atoms with Crippen molar-refractivity contribution in [2.45, 2.75) is 0 Å². The predicted octanol–water partition coefficient (Wildman–Crippen LogP) is 5.76. The van der Waals surface area contributed by atoms with E-state index in [4.69, 9.17) is 0 Å². The van der Waals surface area contributed by atoms with Crippen LogP contribution in [0.4, 0.5) is 8.78 Å². The first-order chi connectivity index (χ1) is 13.5. The molecule has 0 heterocycles. The van der Waals surface area contributed by atoms with Crippen LogP contribution in [0.1, 0.15) is 31.8 Å². The van der Waals surface area contributed by atoms with Crippen molar-refractivity contribution in [3.05, 3.63) is 119 Å². The Morgan fingerprint density at radius 3 is 1.39 bits per heavy atom. The number of halogens is 2. The van der Waals surface area contributed by atoms with Gasteiger partial charge in [-0.05, 0) is 77.9 Å². The van der Waals surface area contributed by atoms with Gasteiger partial charge in [0.25, 0.3) is 0 Å². The molecule has 0 aliphatic heterocycles. The molecule has 3 aromatic carbocycles. The van der Waals surface area contributed by atoms with Crippen LogP contribution in [-0.4, -0.2) is 11.6 Å². The van der Waals surface area contributed by atoms with Crippen LogP contribution in [-0.2, 0) is 0 Å². The summed E-state index contributed by atoms with van der Waals surface area (Å²) in [7, 11) is 0. The van der Waals surface area contributed by atoms with E-state index < -0.39 is 11.6 Å². The van der Waals surface area contributed by atoms with Gasteiger partial charge in [-0.25, -0.2) is 8.78 Å². The van der Waals surface area contributed by atoms with E-state index in [1.807, 2.05) is 24.3 Å². The molecular formula is C24H16F2O2. The van der Waals surface area contributed by atoms with Crippen LogP contribution in [0, 0.1) is 11.6 Å². The second kappa shape index (κ2) is 8.82. The number of hydrogen-bond acceptors (Lipinski definition) is 2. The molecule has 0 unspecified atom stereocenters. The van der Waals surface area contributed by atoms with Crippen LogP contribution in [0.15, 0.2) is 84.9 Å². The highest BCUT2D eigenvalue weighted by Crippen LogP contribution is 2.12. The summed E-state index contributed by atoms with van der Waals surface area (Å²) in [4.78, 5) is 24.2. The largest absolute Gasteiger partial charge is 0.289 e. The molecule has 0 N–H and O–H groups in total. The van der Waals surface area contributed by atoms with Crippen LogP contribution in [0.25, 0.3) is 12.2 Å². The zero-order valence-electron chi connectivity index (χ0n) is 14.8. The predicted molar refractivity (Wildman–Crippen MR) is 106 cm³/mol. The van der Waals surface area contributed by atoms with Gasteiger partial charge in [-0.2, -0.15) is 0 Å². The van der Waals surface area contributed by atoms with Gasteiger partial charge >= 0.3 is 0 Å². The number of allylic oxidation sites excluding steroid dienone is 2. The second-order valence-corrected chi connectivity index (χ2v) is 6.08. The van der Waals surface area contributed by atoms with Crippen molar-refractivity contribution in [2.75, 3.05) is 0 Å². The van der Waals surface area contributed by atoms with Gasteiger partial charge in [0, 0.05) is 11.1 Å². The van der Waals surface area contributed by atoms with E-state index in [0.29, 0.717) is 11.1 Å². The zero-order chi connectivity index (χ0) is 19.9. The molecule has 0 saturated carbocycles. The summed E-state index contributed by atoms with van der Waals surface area (Å²) < 4.78 is 25.8. The summed E-state index contributed by atoms with van der Waals surface area (Å²) in [5, 5.41) is 0. The summed E-state index contributed by atoms with van der Waals surface area (Å²) in [6.45, 7) is 0. The first-order valence-corrected chi connectivity index (χ1v) is 8.57. The Morgan fingerprint density at radius 2 is 1.00 bits per heavy atom. The third kappa shape index (κ3) is 5.17. The summed E-state index contributed by atoms with van der Waals surface area (Å²) in [5.41, 5.74) is 2.37. The van der Waals surface area contributed by atoms with Crippen molar-refractivity contribution in [2.24, 2.45) is 0 Å². The quantitative estimate of drug-likeness (QED) is 0.406. The number of rotatable bonds is 6. The normalized spacial score (nSPS) is 11.2. The van der Waals surface area contributed by atoms with Crippen molar-refractivity contribution in [1.82, 2.24) is 0 Å². The van der Waals surface area contributed by atoms with Gasteiger partial charge in [0.2, 0.25) is 0 Å². The van der Waals surface area contributed by atoms with Crippen LogP contribution in [0.3, 0.4) is 0 Å². The molecule has 0 saturated heterocycles. The van der Waals surface area contributed by atoms with Crippen molar-refractivity contribution in [3.63, 3.8) is 0 Å². The minimum Gasteiger partial charge on any atom is -0.289 e. The number of benzene rings is 3. The summed E-state index contributed by atoms with van der Waals surface area (Å²) in [5.74, 6) is -1.25. The Hall–Kier alpha value is -3.66. The lowest BCUT2D eigenvalue weighted by molar-refractivity contribution is 0.103. The first-order valence-electron chi connectivity index (χ1n) is 8.57. The molecule has 2 nitrogen and oxygen atoms in total. The highest BCUT2D eigenvalue weighted by molar-refractivity contribution is 6.07. The van der Waals surface area contributed by atoms with Crippen molar-refractivity contribution in [1.29, 1.82) is 0 Å². The Morgan fingerprint density at radius 1 is 0.607 bits per heavy atom. The van der Waals surface area contributed by atoms with Gasteiger partial charge in [0.15, 0.2) is 11.6 Å². The zero-order valence-corrected chi connectivity index (χ0v) is 14.8. The molecule has 0 aromatic heterocycles. The fourth-order valence-corrected chi connectivity index (χ4v) is 2.53. The molecule has 0 bridgehead atoms. The Balaban J connectivity index is 1.69. The molecule has 28 heavy (non-hydrogen) atoms. The number of carbonyl (C=O) groups excluding carboxylic acids is 2. The molecule has 4 heteroatoms. The van der Waals surface area contributed by atoms with E-state index in [1.165, 1.54) is 60.7 Å². The number of ketones is 2. The smallest absolute Gasteiger partial charge is 0.185 e. The Bertz CT molecular complexity index is 964. The molecule has 0 atom stereocenters. The Kier molecular flexibility index (Phi) is 6.02. The lowest BCUT2D eigenvalue weighted by Crippen LogP contribution is -1.94. The SMILES string of the molecule is O=C(C=Cc1cccc(C=CC(=O)c2ccc(F)cc2)c1)c1ccc(F)cc1. The van der Waals surface area contributed by atoms with Crippen LogP contribution in [0.5, 0.6) is 0 Å². The topological polar surface area (TPSA) is 34.1 Å². The molecule has 0 amide bonds. The van der Waals surface area contributed by atoms with Crippen LogP contribution in [0.2, 0.25) is 0 Å². The van der Waals surface area contributed by atoms with Gasteiger partial charge in [0.05, 0.1) is 0 Å². The van der Waals surface area contributed by atoms with Gasteiger partial charge in [0.1, 0.15) is 11.6 Å². The first kappa shape index (κ1) is 19.1. The maximum absolute atomic E-state index is 12.9. The van der Waals surface area contributed by atoms with Crippen molar-refractivity contribution in [3.8, 4) is 0 Å². The standard InChI is InChI=1S/C24H16F2O2/c25-21-10-6-19(7-11-21)23(27)14-4-17-2-1-3-18(16-17)5-15-24(28)20-8-12-22(26)13-9-20/h1-16H. The molecule has 3 aromatic rings. The van der Waals surface area contributed by atoms with Crippen molar-refractivity contribution >= 4 is 23.7 Å². The van der Waals surface area contributed by atoms with E-state index in [0.717, 1.165) is 11.1 Å². The number of hydrogen-bond donors (Lipinski definition) is 0. The third-order valence-corrected chi connectivity index (χ3v) is 4.02. The summed E-state index contributed by atoms with van der Waals surface area (Å²) in [6, 6.07) is 18.0. The third-order valence-electron chi connectivity index (χ3n) is 4.02. The highest BCUT2D eigenvalue weighted by Gasteiger charge is 2.03. The highest BCUT2D eigenvalue weighted by atomic mass is 19.1. The minimum atomic E-state index is -0.393. The lowest BCUT2D eigenvalue weighted by atomic mass is 10.1. The molecule has 0 fully saturated rings. The Labute approximate surface area is 161 Å². The molecule has 0 aliphatic rings. The molecular weight excluding hydrogens is 358 g/mol. The molecule has 0 spiro atoms.